The van der Waals surface area contributed by atoms with Crippen molar-refractivity contribution in [1.29, 1.82) is 0 Å². The Kier molecular flexibility index (Phi) is 2.68. The summed E-state index contributed by atoms with van der Waals surface area (Å²) >= 11 is 0. The second-order valence-electron chi connectivity index (χ2n) is 3.85. The van der Waals surface area contributed by atoms with Gasteiger partial charge < -0.3 is 10.4 Å². The molecule has 3 heteroatoms. The molecule has 0 aliphatic heterocycles. The van der Waals surface area contributed by atoms with Crippen LogP contribution in [-0.2, 0) is 6.54 Å². The SMILES string of the molecule is Oc1ccc(F)cc1CNCC1CC1. The van der Waals surface area contributed by atoms with E-state index in [-0.39, 0.29) is 11.6 Å². The van der Waals surface area contributed by atoms with Crippen LogP contribution in [0.15, 0.2) is 18.2 Å². The highest BCUT2D eigenvalue weighted by atomic mass is 19.1. The average molecular weight is 195 g/mol. The maximum Gasteiger partial charge on any atom is 0.123 e. The molecular weight excluding hydrogens is 181 g/mol. The molecule has 1 fully saturated rings. The number of halogens is 1. The van der Waals surface area contributed by atoms with Crippen LogP contribution in [0, 0.1) is 11.7 Å². The molecule has 0 aromatic heterocycles. The van der Waals surface area contributed by atoms with E-state index >= 15 is 0 Å². The molecular formula is C11H14FNO. The van der Waals surface area contributed by atoms with Crippen molar-refractivity contribution < 1.29 is 9.50 Å². The monoisotopic (exact) mass is 195 g/mol. The van der Waals surface area contributed by atoms with Crippen molar-refractivity contribution in [2.24, 2.45) is 5.92 Å². The number of hydrogen-bond acceptors (Lipinski definition) is 2. The van der Waals surface area contributed by atoms with Crippen molar-refractivity contribution in [1.82, 2.24) is 5.32 Å². The van der Waals surface area contributed by atoms with E-state index in [1.807, 2.05) is 0 Å². The molecule has 2 N–H and O–H groups in total. The molecule has 1 aliphatic rings. The first-order chi connectivity index (χ1) is 6.75. The third-order valence-corrected chi connectivity index (χ3v) is 2.49. The molecule has 1 aliphatic carbocycles. The molecule has 0 atom stereocenters. The van der Waals surface area contributed by atoms with Crippen molar-refractivity contribution in [3.05, 3.63) is 29.6 Å². The van der Waals surface area contributed by atoms with Gasteiger partial charge in [-0.25, -0.2) is 4.39 Å². The maximum absolute atomic E-state index is 12.8. The van der Waals surface area contributed by atoms with Crippen LogP contribution in [0.4, 0.5) is 4.39 Å². The highest BCUT2D eigenvalue weighted by molar-refractivity contribution is 5.32. The fraction of sp³-hybridized carbons (Fsp3) is 0.455. The van der Waals surface area contributed by atoms with Gasteiger partial charge in [0.25, 0.3) is 0 Å². The summed E-state index contributed by atoms with van der Waals surface area (Å²) < 4.78 is 12.8. The van der Waals surface area contributed by atoms with E-state index in [2.05, 4.69) is 5.32 Å². The third-order valence-electron chi connectivity index (χ3n) is 2.49. The molecule has 0 spiro atoms. The molecule has 1 saturated carbocycles. The van der Waals surface area contributed by atoms with E-state index in [4.69, 9.17) is 0 Å². The Morgan fingerprint density at radius 3 is 2.93 bits per heavy atom. The Hall–Kier alpha value is -1.09. The largest absolute Gasteiger partial charge is 0.508 e. The molecule has 2 rings (SSSR count). The summed E-state index contributed by atoms with van der Waals surface area (Å²) in [6.07, 6.45) is 2.59. The number of phenolic OH excluding ortho intramolecular Hbond substituents is 1. The Labute approximate surface area is 82.8 Å². The van der Waals surface area contributed by atoms with Gasteiger partial charge in [-0.1, -0.05) is 0 Å². The van der Waals surface area contributed by atoms with Crippen molar-refractivity contribution in [2.75, 3.05) is 6.54 Å². The number of phenols is 1. The van der Waals surface area contributed by atoms with Gasteiger partial charge in [0.1, 0.15) is 11.6 Å². The molecule has 76 valence electrons. The fourth-order valence-corrected chi connectivity index (χ4v) is 1.43. The number of aromatic hydroxyl groups is 1. The van der Waals surface area contributed by atoms with Crippen LogP contribution in [0.25, 0.3) is 0 Å². The highest BCUT2D eigenvalue weighted by Gasteiger charge is 2.20. The minimum absolute atomic E-state index is 0.162. The van der Waals surface area contributed by atoms with Crippen LogP contribution in [0.3, 0.4) is 0 Å². The Balaban J connectivity index is 1.89. The van der Waals surface area contributed by atoms with Crippen LogP contribution >= 0.6 is 0 Å². The quantitative estimate of drug-likeness (QED) is 0.770. The van der Waals surface area contributed by atoms with E-state index in [1.54, 1.807) is 0 Å². The van der Waals surface area contributed by atoms with Crippen LogP contribution in [0.5, 0.6) is 5.75 Å². The van der Waals surface area contributed by atoms with Crippen molar-refractivity contribution in [3.63, 3.8) is 0 Å². The molecule has 14 heavy (non-hydrogen) atoms. The molecule has 0 saturated heterocycles. The van der Waals surface area contributed by atoms with Gasteiger partial charge in [0, 0.05) is 12.1 Å². The first-order valence-electron chi connectivity index (χ1n) is 4.94. The summed E-state index contributed by atoms with van der Waals surface area (Å²) in [4.78, 5) is 0. The minimum atomic E-state index is -0.300. The Bertz CT molecular complexity index is 323. The van der Waals surface area contributed by atoms with Gasteiger partial charge in [0.2, 0.25) is 0 Å². The second-order valence-corrected chi connectivity index (χ2v) is 3.85. The molecule has 0 heterocycles. The van der Waals surface area contributed by atoms with Gasteiger partial charge in [-0.2, -0.15) is 0 Å². The lowest BCUT2D eigenvalue weighted by atomic mass is 10.2. The molecule has 0 radical (unpaired) electrons. The highest BCUT2D eigenvalue weighted by Crippen LogP contribution is 2.27. The van der Waals surface area contributed by atoms with Crippen LogP contribution < -0.4 is 5.32 Å². The van der Waals surface area contributed by atoms with Gasteiger partial charge in [-0.3, -0.25) is 0 Å². The summed E-state index contributed by atoms with van der Waals surface area (Å²) in [6, 6.07) is 4.03. The maximum atomic E-state index is 12.8. The number of benzene rings is 1. The van der Waals surface area contributed by atoms with Crippen LogP contribution in [0.2, 0.25) is 0 Å². The molecule has 0 unspecified atom stereocenters. The smallest absolute Gasteiger partial charge is 0.123 e. The van der Waals surface area contributed by atoms with Crippen molar-refractivity contribution in [2.45, 2.75) is 19.4 Å². The van der Waals surface area contributed by atoms with E-state index < -0.39 is 0 Å². The van der Waals surface area contributed by atoms with E-state index in [0.717, 1.165) is 12.5 Å². The first-order valence-corrected chi connectivity index (χ1v) is 4.94. The van der Waals surface area contributed by atoms with Gasteiger partial charge in [0.15, 0.2) is 0 Å². The van der Waals surface area contributed by atoms with Gasteiger partial charge in [0.05, 0.1) is 0 Å². The zero-order valence-electron chi connectivity index (χ0n) is 7.96. The summed E-state index contributed by atoms with van der Waals surface area (Å²) in [5.74, 6) is 0.659. The normalized spacial score (nSPS) is 15.8. The van der Waals surface area contributed by atoms with E-state index in [1.165, 1.54) is 31.0 Å². The summed E-state index contributed by atoms with van der Waals surface area (Å²) in [5, 5.41) is 12.6. The lowest BCUT2D eigenvalue weighted by Crippen LogP contribution is -2.16. The lowest BCUT2D eigenvalue weighted by Gasteiger charge is -2.05. The third kappa shape index (κ3) is 2.45. The fourth-order valence-electron chi connectivity index (χ4n) is 1.43. The summed E-state index contributed by atoms with van der Waals surface area (Å²) in [6.45, 7) is 1.51. The number of nitrogens with one attached hydrogen (secondary N) is 1. The van der Waals surface area contributed by atoms with Gasteiger partial charge in [-0.05, 0) is 43.5 Å². The zero-order valence-corrected chi connectivity index (χ0v) is 7.96. The molecule has 0 amide bonds. The predicted octanol–water partition coefficient (Wildman–Crippen LogP) is 2.03. The molecule has 2 nitrogen and oxygen atoms in total. The minimum Gasteiger partial charge on any atom is -0.508 e. The predicted molar refractivity (Wildman–Crippen MR) is 52.5 cm³/mol. The van der Waals surface area contributed by atoms with Gasteiger partial charge >= 0.3 is 0 Å². The van der Waals surface area contributed by atoms with Crippen molar-refractivity contribution in [3.8, 4) is 5.75 Å². The molecule has 0 bridgehead atoms. The second kappa shape index (κ2) is 3.96. The van der Waals surface area contributed by atoms with E-state index in [9.17, 15) is 9.50 Å². The number of hydrogen-bond donors (Lipinski definition) is 2. The average Bonchev–Trinajstić information content (AvgIpc) is 2.95. The topological polar surface area (TPSA) is 32.3 Å². The Morgan fingerprint density at radius 2 is 2.21 bits per heavy atom. The lowest BCUT2D eigenvalue weighted by molar-refractivity contribution is 0.461. The van der Waals surface area contributed by atoms with Crippen LogP contribution in [0.1, 0.15) is 18.4 Å². The number of rotatable bonds is 4. The zero-order chi connectivity index (χ0) is 9.97. The molecule has 1 aromatic carbocycles. The summed E-state index contributed by atoms with van der Waals surface area (Å²) in [5.41, 5.74) is 0.630. The summed E-state index contributed by atoms with van der Waals surface area (Å²) in [7, 11) is 0. The van der Waals surface area contributed by atoms with Crippen molar-refractivity contribution >= 4 is 0 Å². The molecule has 1 aromatic rings. The standard InChI is InChI=1S/C11H14FNO/c12-10-3-4-11(14)9(5-10)7-13-6-8-1-2-8/h3-5,8,13-14H,1-2,6-7H2. The van der Waals surface area contributed by atoms with Crippen LogP contribution in [-0.4, -0.2) is 11.7 Å². The van der Waals surface area contributed by atoms with Gasteiger partial charge in [-0.15, -0.1) is 0 Å². The Morgan fingerprint density at radius 1 is 1.43 bits per heavy atom. The van der Waals surface area contributed by atoms with E-state index in [0.29, 0.717) is 12.1 Å². The first kappa shape index (κ1) is 9.46.